The van der Waals surface area contributed by atoms with Crippen molar-refractivity contribution in [3.05, 3.63) is 94.5 Å². The lowest BCUT2D eigenvalue weighted by atomic mass is 9.77. The third-order valence-electron chi connectivity index (χ3n) is 6.67. The topological polar surface area (TPSA) is 42.8 Å². The Balaban J connectivity index is 1.34. The van der Waals surface area contributed by atoms with Crippen LogP contribution in [0.3, 0.4) is 0 Å². The van der Waals surface area contributed by atoms with Crippen LogP contribution in [0.4, 0.5) is 11.4 Å². The van der Waals surface area contributed by atoms with Gasteiger partial charge in [0.05, 0.1) is 30.0 Å². The number of para-hydroxylation sites is 1. The molecule has 0 radical (unpaired) electrons. The van der Waals surface area contributed by atoms with Gasteiger partial charge in [-0.2, -0.15) is 0 Å². The Hall–Kier alpha value is -3.24. The van der Waals surface area contributed by atoms with Crippen LogP contribution >= 0.6 is 11.6 Å². The first-order chi connectivity index (χ1) is 17.2. The van der Waals surface area contributed by atoms with Crippen molar-refractivity contribution in [3.8, 4) is 11.5 Å². The van der Waals surface area contributed by atoms with E-state index in [4.69, 9.17) is 21.1 Å². The number of hydrogen-bond donors (Lipinski definition) is 1. The number of benzene rings is 3. The lowest BCUT2D eigenvalue weighted by Gasteiger charge is -2.37. The van der Waals surface area contributed by atoms with E-state index in [1.54, 1.807) is 0 Å². The zero-order valence-electron chi connectivity index (χ0n) is 20.2. The molecule has 1 aliphatic heterocycles. The zero-order valence-corrected chi connectivity index (χ0v) is 21.0. The highest BCUT2D eigenvalue weighted by Gasteiger charge is 2.37. The normalized spacial score (nSPS) is 20.4. The fourth-order valence-electron chi connectivity index (χ4n) is 5.06. The Bertz CT molecular complexity index is 1240. The molecule has 3 atom stereocenters. The minimum atomic E-state index is 0.283. The highest BCUT2D eigenvalue weighted by atomic mass is 35.5. The minimum Gasteiger partial charge on any atom is -0.490 e. The van der Waals surface area contributed by atoms with Gasteiger partial charge in [-0.3, -0.25) is 4.99 Å². The SMILES string of the molecule is CCCOc1c(Cl)cc(C=Nc2ccc([C@@H]3Nc4ccccc4[C@H]4C=CC[C@@H]43)cc2)cc1OCC. The molecule has 0 saturated carbocycles. The van der Waals surface area contributed by atoms with E-state index in [0.717, 1.165) is 24.1 Å². The van der Waals surface area contributed by atoms with Crippen molar-refractivity contribution in [2.24, 2.45) is 10.9 Å². The van der Waals surface area contributed by atoms with Gasteiger partial charge in [0, 0.05) is 17.8 Å². The quantitative estimate of drug-likeness (QED) is 0.258. The molecule has 35 heavy (non-hydrogen) atoms. The largest absolute Gasteiger partial charge is 0.490 e. The highest BCUT2D eigenvalue weighted by Crippen LogP contribution is 2.49. The van der Waals surface area contributed by atoms with Crippen molar-refractivity contribution in [3.63, 3.8) is 0 Å². The molecule has 0 saturated heterocycles. The summed E-state index contributed by atoms with van der Waals surface area (Å²) in [6.45, 7) is 5.15. The number of rotatable bonds is 8. The monoisotopic (exact) mass is 486 g/mol. The van der Waals surface area contributed by atoms with Gasteiger partial charge >= 0.3 is 0 Å². The number of nitrogens with zero attached hydrogens (tertiary/aromatic N) is 1. The summed E-state index contributed by atoms with van der Waals surface area (Å²) < 4.78 is 11.6. The van der Waals surface area contributed by atoms with Crippen LogP contribution in [-0.4, -0.2) is 19.4 Å². The first-order valence-corrected chi connectivity index (χ1v) is 12.8. The first kappa shape index (κ1) is 23.5. The maximum absolute atomic E-state index is 6.50. The minimum absolute atomic E-state index is 0.283. The molecule has 3 aromatic rings. The molecule has 5 heteroatoms. The van der Waals surface area contributed by atoms with E-state index in [2.05, 4.69) is 77.9 Å². The highest BCUT2D eigenvalue weighted by molar-refractivity contribution is 6.32. The predicted octanol–water partition coefficient (Wildman–Crippen LogP) is 8.10. The molecule has 2 aliphatic rings. The van der Waals surface area contributed by atoms with Gasteiger partial charge in [0.15, 0.2) is 11.5 Å². The molecular weight excluding hydrogens is 456 g/mol. The van der Waals surface area contributed by atoms with Crippen LogP contribution in [0.5, 0.6) is 11.5 Å². The third kappa shape index (κ3) is 4.94. The van der Waals surface area contributed by atoms with Gasteiger partial charge < -0.3 is 14.8 Å². The maximum Gasteiger partial charge on any atom is 0.179 e. The van der Waals surface area contributed by atoms with Crippen molar-refractivity contribution in [2.75, 3.05) is 18.5 Å². The number of halogens is 1. The molecule has 3 aromatic carbocycles. The summed E-state index contributed by atoms with van der Waals surface area (Å²) in [6, 6.07) is 21.3. The van der Waals surface area contributed by atoms with Crippen molar-refractivity contribution < 1.29 is 9.47 Å². The van der Waals surface area contributed by atoms with E-state index >= 15 is 0 Å². The van der Waals surface area contributed by atoms with Gasteiger partial charge in [0.2, 0.25) is 0 Å². The zero-order chi connectivity index (χ0) is 24.2. The molecule has 0 bridgehead atoms. The molecule has 0 aromatic heterocycles. The molecule has 0 unspecified atom stereocenters. The van der Waals surface area contributed by atoms with Crippen LogP contribution in [0.2, 0.25) is 5.02 Å². The number of ether oxygens (including phenoxy) is 2. The summed E-state index contributed by atoms with van der Waals surface area (Å²) in [5.41, 5.74) is 5.69. The molecule has 0 amide bonds. The van der Waals surface area contributed by atoms with Gasteiger partial charge in [0.1, 0.15) is 0 Å². The molecule has 0 spiro atoms. The van der Waals surface area contributed by atoms with E-state index < -0.39 is 0 Å². The standard InChI is InChI=1S/C30H31ClN2O2/c1-3-16-35-30-26(31)17-20(18-28(30)34-4-2)19-32-22-14-12-21(13-15-22)29-25-10-7-9-23(25)24-8-5-6-11-27(24)33-29/h5-9,11-15,17-19,23,25,29,33H,3-4,10,16H2,1-2H3/t23-,25+,29+/m1/s1. The fourth-order valence-corrected chi connectivity index (χ4v) is 5.33. The summed E-state index contributed by atoms with van der Waals surface area (Å²) in [7, 11) is 0. The van der Waals surface area contributed by atoms with Crippen LogP contribution in [-0.2, 0) is 0 Å². The first-order valence-electron chi connectivity index (χ1n) is 12.4. The Morgan fingerprint density at radius 1 is 1.06 bits per heavy atom. The van der Waals surface area contributed by atoms with Crippen LogP contribution in [0.1, 0.15) is 55.3 Å². The lowest BCUT2D eigenvalue weighted by Crippen LogP contribution is -2.28. The average molecular weight is 487 g/mol. The van der Waals surface area contributed by atoms with Gasteiger partial charge in [0.25, 0.3) is 0 Å². The lowest BCUT2D eigenvalue weighted by molar-refractivity contribution is 0.277. The fraction of sp³-hybridized carbons (Fsp3) is 0.300. The van der Waals surface area contributed by atoms with E-state index in [0.29, 0.717) is 41.6 Å². The van der Waals surface area contributed by atoms with Crippen LogP contribution in [0.15, 0.2) is 77.8 Å². The molecule has 1 heterocycles. The molecule has 5 rings (SSSR count). The smallest absolute Gasteiger partial charge is 0.179 e. The maximum atomic E-state index is 6.50. The summed E-state index contributed by atoms with van der Waals surface area (Å²) in [5, 5.41) is 4.32. The van der Waals surface area contributed by atoms with Crippen molar-refractivity contribution in [2.45, 2.75) is 38.6 Å². The Kier molecular flexibility index (Phi) is 7.10. The van der Waals surface area contributed by atoms with Crippen molar-refractivity contribution in [1.82, 2.24) is 0 Å². The molecule has 0 fully saturated rings. The third-order valence-corrected chi connectivity index (χ3v) is 6.95. The summed E-state index contributed by atoms with van der Waals surface area (Å²) >= 11 is 6.50. The molecule has 4 nitrogen and oxygen atoms in total. The predicted molar refractivity (Wildman–Crippen MR) is 145 cm³/mol. The average Bonchev–Trinajstić information content (AvgIpc) is 3.38. The molecule has 1 aliphatic carbocycles. The second-order valence-corrected chi connectivity index (χ2v) is 9.43. The Labute approximate surface area is 212 Å². The van der Waals surface area contributed by atoms with E-state index in [-0.39, 0.29) is 6.04 Å². The number of nitrogens with one attached hydrogen (secondary N) is 1. The summed E-state index contributed by atoms with van der Waals surface area (Å²) in [4.78, 5) is 4.69. The van der Waals surface area contributed by atoms with E-state index in [9.17, 15) is 0 Å². The second kappa shape index (κ2) is 10.6. The number of allylic oxidation sites excluding steroid dienone is 2. The molecular formula is C30H31ClN2O2. The number of hydrogen-bond acceptors (Lipinski definition) is 4. The van der Waals surface area contributed by atoms with Gasteiger partial charge in [-0.05, 0) is 72.7 Å². The van der Waals surface area contributed by atoms with Gasteiger partial charge in [-0.15, -0.1) is 0 Å². The van der Waals surface area contributed by atoms with Crippen LogP contribution < -0.4 is 14.8 Å². The number of aliphatic imine (C=N–C) groups is 1. The van der Waals surface area contributed by atoms with Gasteiger partial charge in [-0.1, -0.05) is 61.0 Å². The molecule has 1 N–H and O–H groups in total. The summed E-state index contributed by atoms with van der Waals surface area (Å²) in [6.07, 6.45) is 8.51. The van der Waals surface area contributed by atoms with E-state index in [1.807, 2.05) is 25.3 Å². The second-order valence-electron chi connectivity index (χ2n) is 9.02. The van der Waals surface area contributed by atoms with E-state index in [1.165, 1.54) is 16.8 Å². The van der Waals surface area contributed by atoms with Crippen molar-refractivity contribution >= 4 is 29.2 Å². The Morgan fingerprint density at radius 2 is 1.89 bits per heavy atom. The number of anilines is 1. The number of fused-ring (bicyclic) bond motifs is 3. The van der Waals surface area contributed by atoms with Crippen molar-refractivity contribution in [1.29, 1.82) is 0 Å². The molecule has 180 valence electrons. The van der Waals surface area contributed by atoms with Gasteiger partial charge in [-0.25, -0.2) is 0 Å². The van der Waals surface area contributed by atoms with Crippen LogP contribution in [0, 0.1) is 5.92 Å². The van der Waals surface area contributed by atoms with Crippen LogP contribution in [0.25, 0.3) is 0 Å². The Morgan fingerprint density at radius 3 is 2.69 bits per heavy atom. The summed E-state index contributed by atoms with van der Waals surface area (Å²) in [5.74, 6) is 2.25.